The Kier molecular flexibility index (Phi) is 104. The van der Waals surface area contributed by atoms with Crippen LogP contribution in [-0.2, 0) is 0 Å². The summed E-state index contributed by atoms with van der Waals surface area (Å²) < 4.78 is 0. The molecule has 4 heavy (non-hydrogen) atoms. The van der Waals surface area contributed by atoms with Gasteiger partial charge < -0.3 is 0 Å². The molecule has 0 rings (SSSR count). The predicted molar refractivity (Wildman–Crippen MR) is 23.0 cm³/mol. The van der Waals surface area contributed by atoms with Crippen LogP contribution < -0.4 is 0 Å². The van der Waals surface area contributed by atoms with Gasteiger partial charge in [-0.3, -0.25) is 0 Å². The van der Waals surface area contributed by atoms with E-state index in [0.717, 1.165) is 0 Å². The summed E-state index contributed by atoms with van der Waals surface area (Å²) in [7, 11) is 0. The van der Waals surface area contributed by atoms with Gasteiger partial charge in [-0.15, -0.1) is 0 Å². The summed E-state index contributed by atoms with van der Waals surface area (Å²) >= 11 is 0. The van der Waals surface area contributed by atoms with Gasteiger partial charge in [0, 0.05) is 109 Å². The van der Waals surface area contributed by atoms with Gasteiger partial charge in [0.05, 0.1) is 0 Å². The van der Waals surface area contributed by atoms with E-state index in [-0.39, 0.29) is 109 Å². The molecule has 0 aliphatic heterocycles. The molecule has 0 atom stereocenters. The molecule has 0 amide bonds. The molecule has 0 aliphatic rings. The van der Waals surface area contributed by atoms with Crippen LogP contribution in [0.1, 0.15) is 0 Å². The average molecular weight is 133 g/mol. The fourth-order valence-corrected chi connectivity index (χ4v) is 0. The molecule has 0 aromatic carbocycles. The standard InChI is InChI=1S/2Ca.Mg.Si. The topological polar surface area (TPSA) is 0 Å². The van der Waals surface area contributed by atoms with Crippen molar-refractivity contribution in [3.05, 3.63) is 0 Å². The summed E-state index contributed by atoms with van der Waals surface area (Å²) in [5, 5.41) is 0. The Morgan fingerprint density at radius 2 is 0.750 bits per heavy atom. The molecule has 0 unspecified atom stereocenters. The van der Waals surface area contributed by atoms with Crippen molar-refractivity contribution < 1.29 is 0 Å². The minimum atomic E-state index is 0. The number of hydrogen-bond acceptors (Lipinski definition) is 0. The third kappa shape index (κ3) is 9.09. The zero-order valence-electron chi connectivity index (χ0n) is 2.62. The van der Waals surface area contributed by atoms with Gasteiger partial charge in [0.15, 0.2) is 0 Å². The molecule has 0 spiro atoms. The Morgan fingerprint density at radius 3 is 0.750 bits per heavy atom. The fraction of sp³-hybridized carbons (Fsp3) is 0. The molecular weight excluding hydrogens is 133 g/mol. The molecule has 0 bridgehead atoms. The molecular formula is Ca2MgSi. The van der Waals surface area contributed by atoms with Crippen LogP contribution in [0.15, 0.2) is 0 Å². The second kappa shape index (κ2) is 16.0. The molecule has 0 aromatic heterocycles. The first-order valence-corrected chi connectivity index (χ1v) is 0. The van der Waals surface area contributed by atoms with Gasteiger partial charge in [-0.1, -0.05) is 0 Å². The third-order valence-corrected chi connectivity index (χ3v) is 0. The van der Waals surface area contributed by atoms with E-state index in [9.17, 15) is 0 Å². The van der Waals surface area contributed by atoms with Crippen molar-refractivity contribution in [1.29, 1.82) is 0 Å². The van der Waals surface area contributed by atoms with E-state index in [1.165, 1.54) is 0 Å². The van der Waals surface area contributed by atoms with Crippen LogP contribution in [0.5, 0.6) is 0 Å². The van der Waals surface area contributed by atoms with Gasteiger partial charge in [-0.25, -0.2) is 0 Å². The molecule has 0 heterocycles. The molecule has 0 nitrogen and oxygen atoms in total. The number of hydrogen-bond donors (Lipinski definition) is 0. The van der Waals surface area contributed by atoms with Crippen molar-refractivity contribution in [1.82, 2.24) is 0 Å². The summed E-state index contributed by atoms with van der Waals surface area (Å²) in [4.78, 5) is 0. The van der Waals surface area contributed by atoms with E-state index in [1.807, 2.05) is 0 Å². The van der Waals surface area contributed by atoms with E-state index >= 15 is 0 Å². The van der Waals surface area contributed by atoms with Crippen molar-refractivity contribution in [2.24, 2.45) is 0 Å². The summed E-state index contributed by atoms with van der Waals surface area (Å²) in [6, 6.07) is 0. The van der Waals surface area contributed by atoms with Gasteiger partial charge in [0.2, 0.25) is 0 Å². The molecule has 0 fully saturated rings. The van der Waals surface area contributed by atoms with E-state index < -0.39 is 0 Å². The Morgan fingerprint density at radius 1 is 0.750 bits per heavy atom. The van der Waals surface area contributed by atoms with E-state index in [2.05, 4.69) is 0 Å². The van der Waals surface area contributed by atoms with Gasteiger partial charge in [-0.05, 0) is 0 Å². The Bertz CT molecular complexity index is 6.00. The maximum absolute atomic E-state index is 0. The second-order valence-corrected chi connectivity index (χ2v) is 0. The van der Waals surface area contributed by atoms with Crippen LogP contribution in [0.4, 0.5) is 0 Å². The molecule has 10 radical (unpaired) electrons. The third-order valence-electron chi connectivity index (χ3n) is 0. The van der Waals surface area contributed by atoms with Crippen LogP contribution >= 0.6 is 0 Å². The van der Waals surface area contributed by atoms with E-state index in [4.69, 9.17) is 0 Å². The van der Waals surface area contributed by atoms with Crippen molar-refractivity contribution in [2.75, 3.05) is 0 Å². The van der Waals surface area contributed by atoms with E-state index in [1.54, 1.807) is 0 Å². The van der Waals surface area contributed by atoms with Crippen molar-refractivity contribution in [2.45, 2.75) is 0 Å². The molecule has 0 aromatic rings. The summed E-state index contributed by atoms with van der Waals surface area (Å²) in [6.45, 7) is 0. The zero-order valence-corrected chi connectivity index (χ0v) is 9.45. The summed E-state index contributed by atoms with van der Waals surface area (Å²) in [6.07, 6.45) is 0. The predicted octanol–water partition coefficient (Wildman–Crippen LogP) is -1.52. The summed E-state index contributed by atoms with van der Waals surface area (Å²) in [5.41, 5.74) is 0. The van der Waals surface area contributed by atoms with Crippen LogP contribution in [0.3, 0.4) is 0 Å². The monoisotopic (exact) mass is 132 g/mol. The van der Waals surface area contributed by atoms with Crippen molar-refractivity contribution in [3.63, 3.8) is 0 Å². The smallest absolute Gasteiger partial charge is 0 e. The molecule has 0 aliphatic carbocycles. The van der Waals surface area contributed by atoms with Gasteiger partial charge in [0.25, 0.3) is 0 Å². The maximum atomic E-state index is 0. The second-order valence-electron chi connectivity index (χ2n) is 0. The molecule has 10 valence electrons. The van der Waals surface area contributed by atoms with Crippen molar-refractivity contribution in [3.8, 4) is 0 Å². The quantitative estimate of drug-likeness (QED) is 0.351. The zero-order chi connectivity index (χ0) is 0. The van der Waals surface area contributed by atoms with Crippen LogP contribution in [0, 0.1) is 0 Å². The minimum absolute atomic E-state index is 0. The van der Waals surface area contributed by atoms with Gasteiger partial charge in [-0.2, -0.15) is 0 Å². The largest absolute Gasteiger partial charge is 0 e. The average Bonchev–Trinajstić information content (AvgIpc) is 0. The fourth-order valence-electron chi connectivity index (χ4n) is 0. The minimum Gasteiger partial charge on any atom is 0 e. The van der Waals surface area contributed by atoms with E-state index in [0.29, 0.717) is 0 Å². The first-order chi connectivity index (χ1) is 0. The first kappa shape index (κ1) is 25.9. The maximum Gasteiger partial charge on any atom is 0 e. The normalized spacial score (nSPS) is 0. The van der Waals surface area contributed by atoms with Crippen LogP contribution in [0.2, 0.25) is 0 Å². The van der Waals surface area contributed by atoms with Crippen molar-refractivity contribution >= 4 is 109 Å². The SMILES string of the molecule is [Ca].[Ca].[Mg].[Si]. The van der Waals surface area contributed by atoms with Gasteiger partial charge in [0.1, 0.15) is 0 Å². The Hall–Kier alpha value is 3.50. The molecule has 0 saturated carbocycles. The summed E-state index contributed by atoms with van der Waals surface area (Å²) in [5.74, 6) is 0. The molecule has 0 N–H and O–H groups in total. The Labute approximate surface area is 107 Å². The van der Waals surface area contributed by atoms with Gasteiger partial charge >= 0.3 is 0 Å². The number of rotatable bonds is 0. The van der Waals surface area contributed by atoms with Crippen LogP contribution in [0.25, 0.3) is 0 Å². The Balaban J connectivity index is 0. The molecule has 4 heteroatoms. The van der Waals surface area contributed by atoms with Crippen LogP contribution in [-0.4, -0.2) is 109 Å². The first-order valence-electron chi connectivity index (χ1n) is 0. The molecule has 0 saturated heterocycles.